The number of thioether (sulfide) groups is 1. The topological polar surface area (TPSA) is 85.6 Å². The molecule has 1 aliphatic rings. The monoisotopic (exact) mass is 456 g/mol. The number of thiazole rings is 1. The number of hydrogen-bond donors (Lipinski definition) is 1. The predicted molar refractivity (Wildman–Crippen MR) is 117 cm³/mol. The first-order valence-electron chi connectivity index (χ1n) is 8.90. The molecule has 1 amide bonds. The minimum absolute atomic E-state index is 0.0182. The van der Waals surface area contributed by atoms with Crippen LogP contribution in [0.3, 0.4) is 0 Å². The molecule has 1 N–H and O–H groups in total. The number of ketones is 1. The lowest BCUT2D eigenvalue weighted by molar-refractivity contribution is -0.118. The van der Waals surface area contributed by atoms with Crippen LogP contribution in [0.2, 0.25) is 5.02 Å². The summed E-state index contributed by atoms with van der Waals surface area (Å²) in [7, 11) is 0. The van der Waals surface area contributed by atoms with Crippen molar-refractivity contribution in [2.45, 2.75) is 5.16 Å². The van der Waals surface area contributed by atoms with Crippen LogP contribution >= 0.6 is 34.7 Å². The highest BCUT2D eigenvalue weighted by Gasteiger charge is 2.19. The first kappa shape index (κ1) is 19.1. The van der Waals surface area contributed by atoms with Gasteiger partial charge in [0.05, 0.1) is 17.1 Å². The highest BCUT2D eigenvalue weighted by atomic mass is 35.5. The number of nitrogens with one attached hydrogen (secondary N) is 1. The van der Waals surface area contributed by atoms with E-state index in [1.54, 1.807) is 18.2 Å². The summed E-state index contributed by atoms with van der Waals surface area (Å²) >= 11 is 8.80. The number of hydrogen-bond acceptors (Lipinski definition) is 7. The van der Waals surface area contributed by atoms with Crippen LogP contribution in [0.25, 0.3) is 16.2 Å². The molecular weight excluding hydrogens is 444 g/mol. The van der Waals surface area contributed by atoms with Crippen molar-refractivity contribution < 1.29 is 14.3 Å². The molecule has 0 saturated carbocycles. The molecular formula is C20H13ClN4O3S2. The number of anilines is 1. The second kappa shape index (κ2) is 7.75. The van der Waals surface area contributed by atoms with Crippen molar-refractivity contribution in [3.63, 3.8) is 0 Å². The average Bonchev–Trinajstić information content (AvgIpc) is 3.34. The number of halogens is 1. The molecule has 0 unspecified atom stereocenters. The number of benzene rings is 2. The van der Waals surface area contributed by atoms with Gasteiger partial charge in [0.1, 0.15) is 5.75 Å². The van der Waals surface area contributed by atoms with Gasteiger partial charge in [-0.05, 0) is 35.9 Å². The average molecular weight is 457 g/mol. The first-order chi connectivity index (χ1) is 14.6. The molecule has 4 aromatic rings. The predicted octanol–water partition coefficient (Wildman–Crippen LogP) is 4.42. The van der Waals surface area contributed by atoms with Crippen LogP contribution in [-0.4, -0.2) is 38.6 Å². The Morgan fingerprint density at radius 2 is 2.07 bits per heavy atom. The number of nitrogens with zero attached hydrogens (tertiary/aromatic N) is 3. The van der Waals surface area contributed by atoms with Gasteiger partial charge in [0.15, 0.2) is 17.5 Å². The SMILES string of the molecule is O=C1COc2ccc(C(=O)CSc3nnc4scc(-c5ccc(Cl)cc5)n34)cc2N1. The summed E-state index contributed by atoms with van der Waals surface area (Å²) in [5.74, 6) is 0.426. The summed E-state index contributed by atoms with van der Waals surface area (Å²) in [6, 6.07) is 12.6. The molecule has 7 nitrogen and oxygen atoms in total. The maximum atomic E-state index is 12.7. The second-order valence-corrected chi connectivity index (χ2v) is 8.70. The van der Waals surface area contributed by atoms with E-state index in [2.05, 4.69) is 15.5 Å². The Morgan fingerprint density at radius 3 is 2.90 bits per heavy atom. The fourth-order valence-electron chi connectivity index (χ4n) is 3.08. The third-order valence-corrected chi connectivity index (χ3v) is 6.52. The van der Waals surface area contributed by atoms with Crippen LogP contribution in [0.15, 0.2) is 53.0 Å². The Kier molecular flexibility index (Phi) is 4.93. The molecule has 30 heavy (non-hydrogen) atoms. The highest BCUT2D eigenvalue weighted by molar-refractivity contribution is 7.99. The molecule has 1 aliphatic heterocycles. The van der Waals surface area contributed by atoms with Crippen LogP contribution in [0.1, 0.15) is 10.4 Å². The molecule has 0 atom stereocenters. The van der Waals surface area contributed by atoms with Crippen molar-refractivity contribution in [3.8, 4) is 17.0 Å². The lowest BCUT2D eigenvalue weighted by Crippen LogP contribution is -2.25. The van der Waals surface area contributed by atoms with Gasteiger partial charge in [-0.1, -0.05) is 35.5 Å². The zero-order chi connectivity index (χ0) is 20.7. The summed E-state index contributed by atoms with van der Waals surface area (Å²) in [6.07, 6.45) is 0. The zero-order valence-electron chi connectivity index (χ0n) is 15.3. The minimum Gasteiger partial charge on any atom is -0.482 e. The summed E-state index contributed by atoms with van der Waals surface area (Å²) in [4.78, 5) is 25.0. The minimum atomic E-state index is -0.237. The molecule has 2 aromatic carbocycles. The standard InChI is InChI=1S/C20H13ClN4O3S2/c21-13-4-1-11(2-5-13)15-9-29-19-23-24-20(25(15)19)30-10-16(26)12-3-6-17-14(7-12)22-18(27)8-28-17/h1-7,9H,8,10H2,(H,22,27). The largest absolute Gasteiger partial charge is 0.482 e. The number of ether oxygens (including phenoxy) is 1. The van der Waals surface area contributed by atoms with Crippen molar-refractivity contribution >= 4 is 57.0 Å². The highest BCUT2D eigenvalue weighted by Crippen LogP contribution is 2.32. The number of carbonyl (C=O) groups is 2. The smallest absolute Gasteiger partial charge is 0.262 e. The van der Waals surface area contributed by atoms with Crippen LogP contribution in [0, 0.1) is 0 Å². The van der Waals surface area contributed by atoms with Crippen LogP contribution < -0.4 is 10.1 Å². The number of aromatic nitrogens is 3. The van der Waals surface area contributed by atoms with Gasteiger partial charge in [-0.15, -0.1) is 21.5 Å². The molecule has 0 aliphatic carbocycles. The van der Waals surface area contributed by atoms with Gasteiger partial charge in [-0.3, -0.25) is 14.0 Å². The molecule has 10 heteroatoms. The number of rotatable bonds is 5. The fourth-order valence-corrected chi connectivity index (χ4v) is 4.94. The maximum absolute atomic E-state index is 12.7. The van der Waals surface area contributed by atoms with Crippen LogP contribution in [0.4, 0.5) is 5.69 Å². The van der Waals surface area contributed by atoms with Gasteiger partial charge in [0.2, 0.25) is 4.96 Å². The van der Waals surface area contributed by atoms with Crippen molar-refractivity contribution in [1.82, 2.24) is 14.6 Å². The molecule has 0 bridgehead atoms. The number of fused-ring (bicyclic) bond motifs is 2. The molecule has 0 radical (unpaired) electrons. The number of amides is 1. The normalized spacial score (nSPS) is 13.0. The van der Waals surface area contributed by atoms with Crippen molar-refractivity contribution in [1.29, 1.82) is 0 Å². The Labute approximate surface area is 184 Å². The summed E-state index contributed by atoms with van der Waals surface area (Å²) in [5, 5.41) is 14.5. The Bertz CT molecular complexity index is 1280. The first-order valence-corrected chi connectivity index (χ1v) is 11.1. The summed E-state index contributed by atoms with van der Waals surface area (Å²) in [5.41, 5.74) is 2.94. The molecule has 150 valence electrons. The van der Waals surface area contributed by atoms with E-state index in [9.17, 15) is 9.59 Å². The molecule has 0 saturated heterocycles. The van der Waals surface area contributed by atoms with Crippen LogP contribution in [0.5, 0.6) is 5.75 Å². The Morgan fingerprint density at radius 1 is 1.23 bits per heavy atom. The Balaban J connectivity index is 1.37. The van der Waals surface area contributed by atoms with Gasteiger partial charge in [0.25, 0.3) is 5.91 Å². The van der Waals surface area contributed by atoms with Gasteiger partial charge >= 0.3 is 0 Å². The summed E-state index contributed by atoms with van der Waals surface area (Å²) in [6.45, 7) is -0.0182. The van der Waals surface area contributed by atoms with E-state index in [1.165, 1.54) is 23.1 Å². The third kappa shape index (κ3) is 3.55. The third-order valence-electron chi connectivity index (χ3n) is 4.53. The molecule has 0 fully saturated rings. The summed E-state index contributed by atoms with van der Waals surface area (Å²) < 4.78 is 7.27. The lowest BCUT2D eigenvalue weighted by atomic mass is 10.1. The van der Waals surface area contributed by atoms with E-state index in [4.69, 9.17) is 16.3 Å². The van der Waals surface area contributed by atoms with Crippen molar-refractivity contribution in [2.24, 2.45) is 0 Å². The van der Waals surface area contributed by atoms with Crippen LogP contribution in [-0.2, 0) is 4.79 Å². The lowest BCUT2D eigenvalue weighted by Gasteiger charge is -2.18. The number of Topliss-reactive ketones (excluding diaryl/α,β-unsaturated/α-hetero) is 1. The maximum Gasteiger partial charge on any atom is 0.262 e. The van der Waals surface area contributed by atoms with E-state index in [-0.39, 0.29) is 24.1 Å². The zero-order valence-corrected chi connectivity index (χ0v) is 17.7. The van der Waals surface area contributed by atoms with Gasteiger partial charge in [0, 0.05) is 16.0 Å². The second-order valence-electron chi connectivity index (χ2n) is 6.49. The van der Waals surface area contributed by atoms with Crippen molar-refractivity contribution in [2.75, 3.05) is 17.7 Å². The molecule has 2 aromatic heterocycles. The van der Waals surface area contributed by atoms with Gasteiger partial charge < -0.3 is 10.1 Å². The van der Waals surface area contributed by atoms with E-state index in [0.717, 1.165) is 16.2 Å². The fraction of sp³-hybridized carbons (Fsp3) is 0.100. The molecule has 3 heterocycles. The molecule has 5 rings (SSSR count). The van der Waals surface area contributed by atoms with E-state index >= 15 is 0 Å². The molecule has 0 spiro atoms. The van der Waals surface area contributed by atoms with E-state index in [0.29, 0.717) is 27.2 Å². The van der Waals surface area contributed by atoms with Gasteiger partial charge in [-0.2, -0.15) is 0 Å². The van der Waals surface area contributed by atoms with Crippen molar-refractivity contribution in [3.05, 3.63) is 58.4 Å². The van der Waals surface area contributed by atoms with Gasteiger partial charge in [-0.25, -0.2) is 0 Å². The quantitative estimate of drug-likeness (QED) is 0.353. The van der Waals surface area contributed by atoms with E-state index in [1.807, 2.05) is 34.0 Å². The Hall–Kier alpha value is -2.88. The van der Waals surface area contributed by atoms with E-state index < -0.39 is 0 Å². The number of carbonyl (C=O) groups excluding carboxylic acids is 2.